The van der Waals surface area contributed by atoms with Crippen molar-refractivity contribution in [2.75, 3.05) is 11.5 Å². The summed E-state index contributed by atoms with van der Waals surface area (Å²) in [6.45, 7) is 0.136. The molecule has 0 aliphatic carbocycles. The van der Waals surface area contributed by atoms with Crippen LogP contribution in [0.4, 0.5) is 0 Å². The maximum absolute atomic E-state index is 8.91. The normalized spacial score (nSPS) is 23.3. The second-order valence-corrected chi connectivity index (χ2v) is 5.53. The number of hydrogen-bond donors (Lipinski definition) is 1. The zero-order valence-electron chi connectivity index (χ0n) is 7.40. The molecule has 2 nitrogen and oxygen atoms in total. The zero-order valence-corrected chi connectivity index (χ0v) is 9.03. The molecule has 4 heteroatoms. The van der Waals surface area contributed by atoms with Gasteiger partial charge in [-0.3, -0.25) is 0 Å². The highest BCUT2D eigenvalue weighted by molar-refractivity contribution is 7.99. The molecule has 0 radical (unpaired) electrons. The first-order valence-electron chi connectivity index (χ1n) is 4.53. The third-order valence-electron chi connectivity index (χ3n) is 2.24. The van der Waals surface area contributed by atoms with Crippen LogP contribution in [0.3, 0.4) is 0 Å². The largest absolute Gasteiger partial charge is 0.391 e. The van der Waals surface area contributed by atoms with Crippen molar-refractivity contribution >= 4 is 23.1 Å². The van der Waals surface area contributed by atoms with Crippen LogP contribution in [0.5, 0.6) is 0 Å². The van der Waals surface area contributed by atoms with Gasteiger partial charge in [0.1, 0.15) is 0 Å². The third kappa shape index (κ3) is 2.24. The summed E-state index contributed by atoms with van der Waals surface area (Å²) in [5, 5.41) is 10.1. The average Bonchev–Trinajstić information content (AvgIpc) is 2.67. The molecule has 1 unspecified atom stereocenters. The molecule has 0 saturated carbocycles. The Morgan fingerprint density at radius 3 is 3.15 bits per heavy atom. The van der Waals surface area contributed by atoms with Crippen LogP contribution in [0.2, 0.25) is 0 Å². The number of aliphatic hydroxyl groups is 1. The van der Waals surface area contributed by atoms with E-state index in [0.717, 1.165) is 4.88 Å². The fourth-order valence-corrected chi connectivity index (χ4v) is 3.68. The monoisotopic (exact) mass is 215 g/mol. The van der Waals surface area contributed by atoms with E-state index < -0.39 is 0 Å². The van der Waals surface area contributed by atoms with E-state index in [9.17, 15) is 0 Å². The minimum atomic E-state index is 0.136. The third-order valence-corrected chi connectivity index (χ3v) is 4.60. The number of thioether (sulfide) groups is 1. The topological polar surface area (TPSA) is 33.1 Å². The van der Waals surface area contributed by atoms with Gasteiger partial charge >= 0.3 is 0 Å². The second-order valence-electron chi connectivity index (χ2n) is 3.24. The van der Waals surface area contributed by atoms with E-state index in [1.165, 1.54) is 29.4 Å². The summed E-state index contributed by atoms with van der Waals surface area (Å²) >= 11 is 3.68. The van der Waals surface area contributed by atoms with Gasteiger partial charge in [0.15, 0.2) is 0 Å². The van der Waals surface area contributed by atoms with Crippen LogP contribution in [0, 0.1) is 0 Å². The van der Waals surface area contributed by atoms with Crippen LogP contribution in [0.25, 0.3) is 0 Å². The van der Waals surface area contributed by atoms with Crippen LogP contribution in [0.1, 0.15) is 28.6 Å². The molecule has 1 saturated heterocycles. The highest BCUT2D eigenvalue weighted by Crippen LogP contribution is 2.33. The molecule has 1 atom stereocenters. The van der Waals surface area contributed by atoms with Gasteiger partial charge in [0.05, 0.1) is 16.5 Å². The van der Waals surface area contributed by atoms with Gasteiger partial charge in [-0.2, -0.15) is 11.8 Å². The molecule has 0 aromatic carbocycles. The van der Waals surface area contributed by atoms with E-state index in [1.807, 2.05) is 11.8 Å². The number of hydrogen-bond acceptors (Lipinski definition) is 4. The van der Waals surface area contributed by atoms with Crippen molar-refractivity contribution in [1.29, 1.82) is 0 Å². The summed E-state index contributed by atoms with van der Waals surface area (Å²) in [7, 11) is 0. The lowest BCUT2D eigenvalue weighted by Crippen LogP contribution is -2.07. The van der Waals surface area contributed by atoms with Crippen molar-refractivity contribution in [2.45, 2.75) is 25.4 Å². The Hall–Kier alpha value is -0.0600. The molecule has 2 rings (SSSR count). The van der Waals surface area contributed by atoms with Crippen molar-refractivity contribution in [3.8, 4) is 0 Å². The SMILES string of the molecule is OCc1cnc(C2CCCSC2)s1. The Labute approximate surface area is 86.4 Å². The van der Waals surface area contributed by atoms with Crippen LogP contribution >= 0.6 is 23.1 Å². The highest BCUT2D eigenvalue weighted by atomic mass is 32.2. The van der Waals surface area contributed by atoms with Gasteiger partial charge in [-0.25, -0.2) is 4.98 Å². The fourth-order valence-electron chi connectivity index (χ4n) is 1.52. The number of thiazole rings is 1. The molecule has 1 N–H and O–H groups in total. The van der Waals surface area contributed by atoms with Crippen molar-refractivity contribution < 1.29 is 5.11 Å². The Balaban J connectivity index is 2.05. The average molecular weight is 215 g/mol. The quantitative estimate of drug-likeness (QED) is 0.821. The standard InChI is InChI=1S/C9H13NOS2/c11-5-8-4-10-9(13-8)7-2-1-3-12-6-7/h4,7,11H,1-3,5-6H2. The van der Waals surface area contributed by atoms with Gasteiger partial charge in [-0.05, 0) is 18.6 Å². The first kappa shape index (κ1) is 9.49. The second kappa shape index (κ2) is 4.44. The summed E-state index contributed by atoms with van der Waals surface area (Å²) in [4.78, 5) is 5.35. The predicted octanol–water partition coefficient (Wildman–Crippen LogP) is 2.25. The molecule has 13 heavy (non-hydrogen) atoms. The van der Waals surface area contributed by atoms with E-state index in [2.05, 4.69) is 4.98 Å². The smallest absolute Gasteiger partial charge is 0.0967 e. The minimum absolute atomic E-state index is 0.136. The Morgan fingerprint density at radius 2 is 2.54 bits per heavy atom. The van der Waals surface area contributed by atoms with Gasteiger partial charge < -0.3 is 5.11 Å². The van der Waals surface area contributed by atoms with Gasteiger partial charge in [-0.1, -0.05) is 0 Å². The molecule has 2 heterocycles. The Kier molecular flexibility index (Phi) is 3.24. The molecule has 1 fully saturated rings. The summed E-state index contributed by atoms with van der Waals surface area (Å²) in [5.74, 6) is 3.15. The Morgan fingerprint density at radius 1 is 1.62 bits per heavy atom. The van der Waals surface area contributed by atoms with Crippen molar-refractivity contribution in [3.05, 3.63) is 16.1 Å². The summed E-state index contributed by atoms with van der Waals surface area (Å²) in [6, 6.07) is 0. The minimum Gasteiger partial charge on any atom is -0.391 e. The maximum atomic E-state index is 8.91. The summed E-state index contributed by atoms with van der Waals surface area (Å²) in [6.07, 6.45) is 4.38. The molecular formula is C9H13NOS2. The van der Waals surface area contributed by atoms with Crippen LogP contribution in [-0.4, -0.2) is 21.6 Å². The van der Waals surface area contributed by atoms with Gasteiger partial charge in [0.25, 0.3) is 0 Å². The van der Waals surface area contributed by atoms with Crippen LogP contribution < -0.4 is 0 Å². The van der Waals surface area contributed by atoms with Crippen LogP contribution in [0.15, 0.2) is 6.20 Å². The van der Waals surface area contributed by atoms with E-state index in [1.54, 1.807) is 17.5 Å². The lowest BCUT2D eigenvalue weighted by Gasteiger charge is -2.18. The molecule has 1 aromatic heterocycles. The lowest BCUT2D eigenvalue weighted by atomic mass is 10.1. The summed E-state index contributed by atoms with van der Waals surface area (Å²) in [5.41, 5.74) is 0. The van der Waals surface area contributed by atoms with Crippen molar-refractivity contribution in [2.24, 2.45) is 0 Å². The number of aromatic nitrogens is 1. The summed E-state index contributed by atoms with van der Waals surface area (Å²) < 4.78 is 0. The van der Waals surface area contributed by atoms with Gasteiger partial charge in [0, 0.05) is 17.9 Å². The number of aliphatic hydroxyl groups excluding tert-OH is 1. The number of rotatable bonds is 2. The molecular weight excluding hydrogens is 202 g/mol. The van der Waals surface area contributed by atoms with E-state index >= 15 is 0 Å². The van der Waals surface area contributed by atoms with E-state index in [4.69, 9.17) is 5.11 Å². The first-order valence-corrected chi connectivity index (χ1v) is 6.50. The van der Waals surface area contributed by atoms with E-state index in [-0.39, 0.29) is 6.61 Å². The Bertz CT molecular complexity index is 268. The van der Waals surface area contributed by atoms with E-state index in [0.29, 0.717) is 5.92 Å². The lowest BCUT2D eigenvalue weighted by molar-refractivity contribution is 0.285. The number of nitrogens with zero attached hydrogens (tertiary/aromatic N) is 1. The molecule has 0 amide bonds. The molecule has 1 aliphatic rings. The van der Waals surface area contributed by atoms with Gasteiger partial charge in [-0.15, -0.1) is 11.3 Å². The van der Waals surface area contributed by atoms with Gasteiger partial charge in [0.2, 0.25) is 0 Å². The molecule has 0 bridgehead atoms. The van der Waals surface area contributed by atoms with Crippen molar-refractivity contribution in [1.82, 2.24) is 4.98 Å². The highest BCUT2D eigenvalue weighted by Gasteiger charge is 2.18. The first-order chi connectivity index (χ1) is 6.40. The molecule has 0 spiro atoms. The molecule has 1 aliphatic heterocycles. The maximum Gasteiger partial charge on any atom is 0.0967 e. The molecule has 72 valence electrons. The van der Waals surface area contributed by atoms with Crippen molar-refractivity contribution in [3.63, 3.8) is 0 Å². The molecule has 1 aromatic rings. The predicted molar refractivity (Wildman–Crippen MR) is 57.3 cm³/mol. The zero-order chi connectivity index (χ0) is 9.10. The fraction of sp³-hybridized carbons (Fsp3) is 0.667. The van der Waals surface area contributed by atoms with Crippen LogP contribution in [-0.2, 0) is 6.61 Å².